The number of rotatable bonds is 83. The number of allylic oxidation sites excluding steroid dienone is 20. The van der Waals surface area contributed by atoms with Crippen molar-refractivity contribution in [3.05, 3.63) is 122 Å². The minimum Gasteiger partial charge on any atom is -0.463 e. The van der Waals surface area contributed by atoms with Crippen LogP contribution in [0.15, 0.2) is 122 Å². The largest absolute Gasteiger partial charge is 0.472 e. The number of ether oxygens (including phenoxy) is 3. The molecule has 0 amide bonds. The molecule has 0 fully saturated rings. The van der Waals surface area contributed by atoms with Gasteiger partial charge in [0.1, 0.15) is 25.4 Å². The fraction of sp³-hybridized carbons (Fsp3) is 0.747. The molecule has 0 rings (SSSR count). The fourth-order valence-electron chi connectivity index (χ4n) is 12.0. The number of hydrogen-bond donors (Lipinski definition) is 4. The van der Waals surface area contributed by atoms with E-state index in [9.17, 15) is 43.5 Å². The van der Waals surface area contributed by atoms with Crippen LogP contribution in [0.3, 0.4) is 0 Å². The van der Waals surface area contributed by atoms with Gasteiger partial charge in [0.25, 0.3) is 0 Å². The first kappa shape index (κ1) is 105. The van der Waals surface area contributed by atoms with Crippen LogP contribution in [0.2, 0.25) is 0 Å². The van der Waals surface area contributed by atoms with Crippen LogP contribution in [0.1, 0.15) is 380 Å². The number of carbonyl (C=O) groups excluding carboxylic acids is 3. The van der Waals surface area contributed by atoms with Crippen molar-refractivity contribution in [3.8, 4) is 0 Å². The monoisotopic (exact) mass is 1570 g/mol. The summed E-state index contributed by atoms with van der Waals surface area (Å²) >= 11 is 0. The summed E-state index contributed by atoms with van der Waals surface area (Å²) < 4.78 is 61.3. The molecular weight excluding hydrogens is 1410 g/mol. The Labute approximate surface area is 665 Å². The third-order valence-electron chi connectivity index (χ3n) is 18.6. The summed E-state index contributed by atoms with van der Waals surface area (Å²) in [6, 6.07) is 0. The lowest BCUT2D eigenvalue weighted by molar-refractivity contribution is -0.161. The normalized spacial score (nSPS) is 14.4. The molecule has 0 aliphatic heterocycles. The van der Waals surface area contributed by atoms with Gasteiger partial charge in [0.2, 0.25) is 0 Å². The standard InChI is InChI=1S/C91H160O16P2/c1-4-7-10-13-16-19-22-25-27-29-31-33-35-37-39-40-41-42-43-44-46-48-49-51-53-55-57-60-62-65-68-71-74-77-89(94)101-80-86(92)81-103-108(97,98)104-82-87(93)83-105-109(99,100)106-85-88(107-91(96)79-76-73-70-67-64-59-24-21-18-15-12-9-6-3)84-102-90(95)78-75-72-69-66-63-61-58-56-54-52-50-47-45-38-36-34-32-30-28-26-23-20-17-14-11-8-5-2/h8,11,16-17,19-21,24-28,31-34,37-39,45,86-88,92-93H,4-7,9-10,12-15,18,22-23,29-30,35-36,40-44,46-85H2,1-3H3,(H,97,98)(H,99,100)/b11-8-,19-16-,20-17-,24-21-,27-25-,28-26-,33-31-,34-32-,39-37-,45-38-. The van der Waals surface area contributed by atoms with Gasteiger partial charge in [0.15, 0.2) is 6.10 Å². The molecule has 0 saturated carbocycles. The Kier molecular flexibility index (Phi) is 80.3. The number of esters is 3. The zero-order valence-corrected chi connectivity index (χ0v) is 71.0. The van der Waals surface area contributed by atoms with Crippen molar-refractivity contribution in [2.24, 2.45) is 0 Å². The molecule has 0 aliphatic carbocycles. The summed E-state index contributed by atoms with van der Waals surface area (Å²) in [6.07, 6.45) is 101. The third kappa shape index (κ3) is 84.7. The Bertz CT molecular complexity index is 2460. The van der Waals surface area contributed by atoms with Crippen LogP contribution in [-0.2, 0) is 55.8 Å². The Balaban J connectivity index is 4.41. The molecule has 0 heterocycles. The molecule has 18 heteroatoms. The van der Waals surface area contributed by atoms with Crippen LogP contribution in [0.5, 0.6) is 0 Å². The van der Waals surface area contributed by atoms with Gasteiger partial charge in [-0.3, -0.25) is 32.5 Å². The van der Waals surface area contributed by atoms with Crippen molar-refractivity contribution in [1.29, 1.82) is 0 Å². The maximum Gasteiger partial charge on any atom is 0.472 e. The van der Waals surface area contributed by atoms with Gasteiger partial charge in [-0.05, 0) is 135 Å². The Morgan fingerprint density at radius 1 is 0.266 bits per heavy atom. The van der Waals surface area contributed by atoms with Crippen LogP contribution in [-0.4, -0.2) is 95.9 Å². The van der Waals surface area contributed by atoms with Crippen molar-refractivity contribution in [2.75, 3.05) is 39.6 Å². The fourth-order valence-corrected chi connectivity index (χ4v) is 13.6. The minimum absolute atomic E-state index is 0.0938. The molecule has 5 unspecified atom stereocenters. The lowest BCUT2D eigenvalue weighted by Crippen LogP contribution is -2.30. The topological polar surface area (TPSA) is 231 Å². The van der Waals surface area contributed by atoms with Gasteiger partial charge in [-0.25, -0.2) is 9.13 Å². The van der Waals surface area contributed by atoms with E-state index in [0.717, 1.165) is 141 Å². The number of phosphoric ester groups is 2. The molecule has 16 nitrogen and oxygen atoms in total. The molecular formula is C91H160O16P2. The van der Waals surface area contributed by atoms with Crippen molar-refractivity contribution >= 4 is 33.6 Å². The molecule has 0 aromatic rings. The van der Waals surface area contributed by atoms with Gasteiger partial charge in [-0.1, -0.05) is 348 Å². The number of aliphatic hydroxyl groups is 2. The molecule has 0 aliphatic rings. The zero-order chi connectivity index (χ0) is 79.4. The summed E-state index contributed by atoms with van der Waals surface area (Å²) in [5.41, 5.74) is 0. The van der Waals surface area contributed by atoms with E-state index in [1.165, 1.54) is 180 Å². The lowest BCUT2D eigenvalue weighted by atomic mass is 10.0. The van der Waals surface area contributed by atoms with Crippen LogP contribution in [0.25, 0.3) is 0 Å². The SMILES string of the molecule is CC/C=C\C/C=C\C/C=C\C/C=C\C/C=C\CCCCCCCCCCCCCC(=O)OCC(COP(=O)(O)OCC(O)COP(=O)(O)OCC(O)COC(=O)CCCCCCCCCCCCCCCCCCC/C=C\C/C=C\C/C=C\C/C=C\CCCCC)OC(=O)CCCCCCC/C=C\CCCCCC. The molecule has 0 radical (unpaired) electrons. The highest BCUT2D eigenvalue weighted by atomic mass is 31.2. The second-order valence-corrected chi connectivity index (χ2v) is 32.2. The molecule has 0 saturated heterocycles. The smallest absolute Gasteiger partial charge is 0.463 e. The summed E-state index contributed by atoms with van der Waals surface area (Å²) in [6.45, 7) is 2.56. The quantitative estimate of drug-likeness (QED) is 0.0146. The summed E-state index contributed by atoms with van der Waals surface area (Å²) in [7, 11) is -9.79. The maximum atomic E-state index is 13.0. The van der Waals surface area contributed by atoms with Crippen molar-refractivity contribution < 1.29 is 75.8 Å². The first-order chi connectivity index (χ1) is 53.2. The average Bonchev–Trinajstić information content (AvgIpc) is 0.906. The molecule has 0 spiro atoms. The van der Waals surface area contributed by atoms with Gasteiger partial charge in [0, 0.05) is 19.3 Å². The van der Waals surface area contributed by atoms with Gasteiger partial charge in [-0.2, -0.15) is 0 Å². The van der Waals surface area contributed by atoms with E-state index < -0.39 is 91.5 Å². The van der Waals surface area contributed by atoms with Crippen molar-refractivity contribution in [3.63, 3.8) is 0 Å². The highest BCUT2D eigenvalue weighted by Crippen LogP contribution is 2.45. The van der Waals surface area contributed by atoms with Crippen molar-refractivity contribution in [2.45, 2.75) is 399 Å². The van der Waals surface area contributed by atoms with Crippen LogP contribution in [0, 0.1) is 0 Å². The molecule has 5 atom stereocenters. The van der Waals surface area contributed by atoms with E-state index in [0.29, 0.717) is 19.3 Å². The molecule has 109 heavy (non-hydrogen) atoms. The van der Waals surface area contributed by atoms with E-state index >= 15 is 0 Å². The van der Waals surface area contributed by atoms with Gasteiger partial charge < -0.3 is 34.2 Å². The second kappa shape index (κ2) is 83.4. The number of hydrogen-bond acceptors (Lipinski definition) is 14. The van der Waals surface area contributed by atoms with Gasteiger partial charge in [0.05, 0.1) is 26.4 Å². The lowest BCUT2D eigenvalue weighted by Gasteiger charge is -2.21. The van der Waals surface area contributed by atoms with E-state index in [1.807, 2.05) is 0 Å². The Morgan fingerprint density at radius 2 is 0.486 bits per heavy atom. The zero-order valence-electron chi connectivity index (χ0n) is 69.2. The Hall–Kier alpha value is -4.05. The van der Waals surface area contributed by atoms with Crippen molar-refractivity contribution in [1.82, 2.24) is 0 Å². The summed E-state index contributed by atoms with van der Waals surface area (Å²) in [5.74, 6) is -1.57. The highest BCUT2D eigenvalue weighted by molar-refractivity contribution is 7.47. The first-order valence-corrected chi connectivity index (χ1v) is 46.8. The molecule has 630 valence electrons. The second-order valence-electron chi connectivity index (χ2n) is 29.3. The molecule has 0 bridgehead atoms. The minimum atomic E-state index is -4.93. The Morgan fingerprint density at radius 3 is 0.798 bits per heavy atom. The van der Waals surface area contributed by atoms with Crippen LogP contribution < -0.4 is 0 Å². The summed E-state index contributed by atoms with van der Waals surface area (Å²) in [4.78, 5) is 58.8. The van der Waals surface area contributed by atoms with E-state index in [1.54, 1.807) is 0 Å². The first-order valence-electron chi connectivity index (χ1n) is 43.8. The van der Waals surface area contributed by atoms with E-state index in [-0.39, 0.29) is 19.3 Å². The predicted molar refractivity (Wildman–Crippen MR) is 454 cm³/mol. The predicted octanol–water partition coefficient (Wildman–Crippen LogP) is 26.4. The third-order valence-corrected chi connectivity index (χ3v) is 20.5. The number of phosphoric acid groups is 2. The van der Waals surface area contributed by atoms with Crippen LogP contribution in [0.4, 0.5) is 0 Å². The number of carbonyl (C=O) groups is 3. The van der Waals surface area contributed by atoms with Gasteiger partial charge >= 0.3 is 33.6 Å². The van der Waals surface area contributed by atoms with E-state index in [2.05, 4.69) is 142 Å². The number of unbranched alkanes of at least 4 members (excludes halogenated alkanes) is 40. The maximum absolute atomic E-state index is 13.0. The van der Waals surface area contributed by atoms with E-state index in [4.69, 9.17) is 32.3 Å². The molecule has 0 aromatic heterocycles. The molecule has 4 N–H and O–H groups in total. The average molecular weight is 1570 g/mol. The number of aliphatic hydroxyl groups excluding tert-OH is 2. The summed E-state index contributed by atoms with van der Waals surface area (Å²) in [5, 5.41) is 20.7. The van der Waals surface area contributed by atoms with Crippen LogP contribution >= 0.6 is 15.6 Å². The highest BCUT2D eigenvalue weighted by Gasteiger charge is 2.29. The molecule has 0 aromatic carbocycles. The van der Waals surface area contributed by atoms with Gasteiger partial charge in [-0.15, -0.1) is 0 Å².